The second-order valence-corrected chi connectivity index (χ2v) is 11.7. The van der Waals surface area contributed by atoms with Gasteiger partial charge in [0.2, 0.25) is 0 Å². The molecule has 1 unspecified atom stereocenters. The summed E-state index contributed by atoms with van der Waals surface area (Å²) in [4.78, 5) is 4.64. The Morgan fingerprint density at radius 1 is 1.09 bits per heavy atom. The summed E-state index contributed by atoms with van der Waals surface area (Å²) in [5.74, 6) is 0. The van der Waals surface area contributed by atoms with E-state index in [1.165, 1.54) is 16.7 Å². The van der Waals surface area contributed by atoms with E-state index in [1.54, 1.807) is 12.1 Å². The predicted molar refractivity (Wildman–Crippen MR) is 145 cm³/mol. The molecular formula is C30H36F2N2S. The fourth-order valence-corrected chi connectivity index (χ4v) is 7.44. The van der Waals surface area contributed by atoms with Crippen molar-refractivity contribution in [2.24, 2.45) is 0 Å². The number of likely N-dealkylation sites (tertiary alicyclic amines) is 1. The topological polar surface area (TPSA) is 6.48 Å². The quantitative estimate of drug-likeness (QED) is 0.369. The molecule has 1 saturated heterocycles. The first-order valence-corrected chi connectivity index (χ1v) is 13.9. The normalized spacial score (nSPS) is 23.5. The number of rotatable bonds is 7. The van der Waals surface area contributed by atoms with Gasteiger partial charge in [-0.05, 0) is 93.7 Å². The summed E-state index contributed by atoms with van der Waals surface area (Å²) in [5, 5.41) is 0. The molecule has 2 nitrogen and oxygen atoms in total. The van der Waals surface area contributed by atoms with Crippen molar-refractivity contribution in [1.29, 1.82) is 0 Å². The number of aryl methyl sites for hydroxylation is 1. The first-order chi connectivity index (χ1) is 16.8. The third kappa shape index (κ3) is 4.25. The van der Waals surface area contributed by atoms with E-state index in [1.807, 2.05) is 24.9 Å². The summed E-state index contributed by atoms with van der Waals surface area (Å²) in [6, 6.07) is 14.4. The molecule has 2 aliphatic heterocycles. The SMILES string of the molecule is C=C1N(C)c2ccc(C(F)F)cc2C12CCN(CCCc1ccc(C3(SC)C=C(C)C3)cc1)CC2. The summed E-state index contributed by atoms with van der Waals surface area (Å²) in [7, 11) is 2.01. The van der Waals surface area contributed by atoms with Gasteiger partial charge in [0.25, 0.3) is 6.43 Å². The number of thioether (sulfide) groups is 1. The fourth-order valence-electron chi connectivity index (χ4n) is 6.38. The van der Waals surface area contributed by atoms with Crippen LogP contribution in [-0.4, -0.2) is 37.8 Å². The minimum absolute atomic E-state index is 0.117. The molecule has 1 atom stereocenters. The second kappa shape index (κ2) is 9.40. The van der Waals surface area contributed by atoms with Gasteiger partial charge in [-0.15, -0.1) is 11.8 Å². The largest absolute Gasteiger partial charge is 0.348 e. The zero-order chi connectivity index (χ0) is 24.8. The Bertz CT molecular complexity index is 1130. The minimum atomic E-state index is -2.44. The monoisotopic (exact) mass is 494 g/mol. The number of fused-ring (bicyclic) bond motifs is 2. The molecule has 35 heavy (non-hydrogen) atoms. The minimum Gasteiger partial charge on any atom is -0.348 e. The molecule has 2 aromatic rings. The highest BCUT2D eigenvalue weighted by Crippen LogP contribution is 2.53. The van der Waals surface area contributed by atoms with E-state index in [2.05, 4.69) is 59.9 Å². The first kappa shape index (κ1) is 24.6. The van der Waals surface area contributed by atoms with E-state index < -0.39 is 6.43 Å². The van der Waals surface area contributed by atoms with Crippen LogP contribution >= 0.6 is 11.8 Å². The molecule has 1 spiro atoms. The third-order valence-electron chi connectivity index (χ3n) is 8.58. The lowest BCUT2D eigenvalue weighted by Gasteiger charge is -2.41. The lowest BCUT2D eigenvalue weighted by molar-refractivity contribution is 0.150. The average Bonchev–Trinajstić information content (AvgIpc) is 3.05. The number of likely N-dealkylation sites (N-methyl/N-ethyl adjacent to an activating group) is 1. The van der Waals surface area contributed by atoms with Gasteiger partial charge in [0.05, 0.1) is 4.75 Å². The van der Waals surface area contributed by atoms with Gasteiger partial charge in [-0.25, -0.2) is 8.78 Å². The molecule has 0 bridgehead atoms. The zero-order valence-electron chi connectivity index (χ0n) is 21.1. The smallest absolute Gasteiger partial charge is 0.263 e. The Morgan fingerprint density at radius 3 is 2.37 bits per heavy atom. The number of halogens is 2. The van der Waals surface area contributed by atoms with Crippen molar-refractivity contribution in [2.75, 3.05) is 37.8 Å². The van der Waals surface area contributed by atoms with Crippen molar-refractivity contribution in [3.63, 3.8) is 0 Å². The van der Waals surface area contributed by atoms with Gasteiger partial charge < -0.3 is 9.80 Å². The first-order valence-electron chi connectivity index (χ1n) is 12.7. The van der Waals surface area contributed by atoms with Crippen LogP contribution in [0.1, 0.15) is 61.3 Å². The van der Waals surface area contributed by atoms with Gasteiger partial charge in [0.15, 0.2) is 0 Å². The molecule has 5 heteroatoms. The Kier molecular flexibility index (Phi) is 6.60. The van der Waals surface area contributed by atoms with E-state index in [0.29, 0.717) is 0 Å². The molecular weight excluding hydrogens is 458 g/mol. The Hall–Kier alpha value is -2.11. The van der Waals surface area contributed by atoms with Crippen LogP contribution < -0.4 is 4.90 Å². The molecule has 0 N–H and O–H groups in total. The fraction of sp³-hybridized carbons (Fsp3) is 0.467. The van der Waals surface area contributed by atoms with Gasteiger partial charge in [-0.2, -0.15) is 0 Å². The van der Waals surface area contributed by atoms with E-state index in [0.717, 1.165) is 68.7 Å². The molecule has 0 radical (unpaired) electrons. The van der Waals surface area contributed by atoms with Gasteiger partial charge in [0.1, 0.15) is 0 Å². The second-order valence-electron chi connectivity index (χ2n) is 10.6. The molecule has 186 valence electrons. The number of piperidine rings is 1. The molecule has 3 aliphatic rings. The van der Waals surface area contributed by atoms with Crippen LogP contribution in [0.15, 0.2) is 66.4 Å². The lowest BCUT2D eigenvalue weighted by atomic mass is 9.72. The third-order valence-corrected chi connectivity index (χ3v) is 9.81. The van der Waals surface area contributed by atoms with Crippen molar-refractivity contribution in [1.82, 2.24) is 4.90 Å². The molecule has 1 fully saturated rings. The van der Waals surface area contributed by atoms with Gasteiger partial charge in [0, 0.05) is 29.4 Å². The van der Waals surface area contributed by atoms with Crippen molar-refractivity contribution in [2.45, 2.75) is 55.6 Å². The summed E-state index contributed by atoms with van der Waals surface area (Å²) < 4.78 is 27.0. The van der Waals surface area contributed by atoms with Crippen molar-refractivity contribution < 1.29 is 8.78 Å². The molecule has 5 rings (SSSR count). The summed E-state index contributed by atoms with van der Waals surface area (Å²) in [6.45, 7) is 9.63. The number of anilines is 1. The van der Waals surface area contributed by atoms with Crippen LogP contribution in [0.3, 0.4) is 0 Å². The van der Waals surface area contributed by atoms with Gasteiger partial charge in [-0.1, -0.05) is 48.6 Å². The summed E-state index contributed by atoms with van der Waals surface area (Å²) in [5.41, 5.74) is 7.34. The standard InChI is InChI=1S/C30H36F2N2S/c1-21-19-30(20-21,35-4)25-10-7-23(8-11-25)6-5-15-34-16-13-29(14-17-34)22(2)33(3)27-12-9-24(28(31)32)18-26(27)29/h7-12,18-19,28H,2,5-6,13-17,20H2,1,3-4H3. The molecule has 1 aliphatic carbocycles. The van der Waals surface area contributed by atoms with E-state index in [9.17, 15) is 8.78 Å². The number of hydrogen-bond donors (Lipinski definition) is 0. The highest BCUT2D eigenvalue weighted by Gasteiger charge is 2.47. The van der Waals surface area contributed by atoms with Crippen molar-refractivity contribution in [3.05, 3.63) is 88.6 Å². The Balaban J connectivity index is 1.17. The van der Waals surface area contributed by atoms with Gasteiger partial charge in [-0.3, -0.25) is 0 Å². The molecule has 2 aromatic carbocycles. The predicted octanol–water partition coefficient (Wildman–Crippen LogP) is 7.46. The van der Waals surface area contributed by atoms with Crippen LogP contribution in [0.2, 0.25) is 0 Å². The highest BCUT2D eigenvalue weighted by molar-refractivity contribution is 7.99. The van der Waals surface area contributed by atoms with Crippen LogP contribution in [0.4, 0.5) is 14.5 Å². The number of hydrogen-bond acceptors (Lipinski definition) is 3. The number of allylic oxidation sites excluding steroid dienone is 2. The number of nitrogens with zero attached hydrogens (tertiary/aromatic N) is 2. The molecule has 0 aromatic heterocycles. The van der Waals surface area contributed by atoms with Crippen LogP contribution in [0, 0.1) is 0 Å². The Labute approximate surface area is 213 Å². The zero-order valence-corrected chi connectivity index (χ0v) is 21.9. The maximum Gasteiger partial charge on any atom is 0.263 e. The lowest BCUT2D eigenvalue weighted by Crippen LogP contribution is -2.43. The molecule has 0 saturated carbocycles. The highest BCUT2D eigenvalue weighted by atomic mass is 32.2. The summed E-state index contributed by atoms with van der Waals surface area (Å²) in [6.07, 6.45) is 7.41. The average molecular weight is 495 g/mol. The number of alkyl halides is 2. The van der Waals surface area contributed by atoms with Gasteiger partial charge >= 0.3 is 0 Å². The van der Waals surface area contributed by atoms with Crippen molar-refractivity contribution in [3.8, 4) is 0 Å². The van der Waals surface area contributed by atoms with Crippen molar-refractivity contribution >= 4 is 17.4 Å². The summed E-state index contributed by atoms with van der Waals surface area (Å²) >= 11 is 1.94. The number of benzene rings is 2. The van der Waals surface area contributed by atoms with E-state index in [4.69, 9.17) is 0 Å². The van der Waals surface area contributed by atoms with Crippen LogP contribution in [0.25, 0.3) is 0 Å². The maximum absolute atomic E-state index is 13.4. The van der Waals surface area contributed by atoms with Crippen LogP contribution in [-0.2, 0) is 16.6 Å². The maximum atomic E-state index is 13.4. The molecule has 2 heterocycles. The Morgan fingerprint density at radius 2 is 1.77 bits per heavy atom. The molecule has 0 amide bonds. The van der Waals surface area contributed by atoms with Crippen LogP contribution in [0.5, 0.6) is 0 Å². The van der Waals surface area contributed by atoms with E-state index in [-0.39, 0.29) is 15.7 Å². The van der Waals surface area contributed by atoms with E-state index >= 15 is 0 Å².